The van der Waals surface area contributed by atoms with Gasteiger partial charge in [0.05, 0.1) is 6.04 Å². The number of benzene rings is 2. The molecule has 2 unspecified atom stereocenters. The van der Waals surface area contributed by atoms with Crippen molar-refractivity contribution in [3.05, 3.63) is 66.0 Å². The Morgan fingerprint density at radius 3 is 2.45 bits per heavy atom. The van der Waals surface area contributed by atoms with E-state index in [9.17, 15) is 9.18 Å². The molecule has 0 radical (unpaired) electrons. The summed E-state index contributed by atoms with van der Waals surface area (Å²) in [6.07, 6.45) is 3.40. The molecule has 0 bridgehead atoms. The maximum Gasteiger partial charge on any atom is 0.138 e. The van der Waals surface area contributed by atoms with Crippen LogP contribution in [0.2, 0.25) is 0 Å². The number of Topliss-reactive ketones (excluding diaryl/α,β-unsaturated/α-hetero) is 1. The van der Waals surface area contributed by atoms with Gasteiger partial charge in [0.15, 0.2) is 0 Å². The fraction of sp³-hybridized carbons (Fsp3) is 0.316. The average molecular weight is 297 g/mol. The van der Waals surface area contributed by atoms with Gasteiger partial charge in [0.25, 0.3) is 0 Å². The average Bonchev–Trinajstić information content (AvgIpc) is 2.55. The van der Waals surface area contributed by atoms with Crippen LogP contribution in [0.15, 0.2) is 54.6 Å². The van der Waals surface area contributed by atoms with Gasteiger partial charge in [-0.15, -0.1) is 0 Å². The van der Waals surface area contributed by atoms with E-state index < -0.39 is 0 Å². The molecule has 1 N–H and O–H groups in total. The number of carbonyl (C=O) groups is 1. The number of hydrogen-bond acceptors (Lipinski definition) is 2. The topological polar surface area (TPSA) is 29.1 Å². The molecule has 0 spiro atoms. The number of nitrogens with one attached hydrogen (secondary N) is 1. The van der Waals surface area contributed by atoms with E-state index in [1.54, 1.807) is 12.1 Å². The van der Waals surface area contributed by atoms with Crippen LogP contribution in [-0.4, -0.2) is 5.78 Å². The van der Waals surface area contributed by atoms with Crippen LogP contribution in [0.3, 0.4) is 0 Å². The zero-order chi connectivity index (χ0) is 15.4. The highest BCUT2D eigenvalue weighted by atomic mass is 19.1. The maximum absolute atomic E-state index is 14.3. The van der Waals surface area contributed by atoms with Crippen molar-refractivity contribution in [2.75, 3.05) is 5.32 Å². The monoisotopic (exact) mass is 297 g/mol. The third-order valence-electron chi connectivity index (χ3n) is 4.34. The molecule has 0 aliphatic heterocycles. The molecule has 1 fully saturated rings. The van der Waals surface area contributed by atoms with Crippen molar-refractivity contribution in [1.82, 2.24) is 0 Å². The van der Waals surface area contributed by atoms with Crippen LogP contribution in [-0.2, 0) is 4.79 Å². The fourth-order valence-corrected chi connectivity index (χ4v) is 3.20. The minimum absolute atomic E-state index is 0.161. The molecule has 1 aliphatic carbocycles. The van der Waals surface area contributed by atoms with Crippen LogP contribution in [0, 0.1) is 11.7 Å². The van der Waals surface area contributed by atoms with E-state index in [2.05, 4.69) is 5.32 Å². The smallest absolute Gasteiger partial charge is 0.138 e. The third-order valence-corrected chi connectivity index (χ3v) is 4.34. The molecule has 2 aromatic rings. The molecular formula is C19H20FNO. The number of ketones is 1. The van der Waals surface area contributed by atoms with Crippen LogP contribution in [0.4, 0.5) is 10.1 Å². The van der Waals surface area contributed by atoms with E-state index >= 15 is 0 Å². The van der Waals surface area contributed by atoms with Gasteiger partial charge in [-0.1, -0.05) is 42.8 Å². The van der Waals surface area contributed by atoms with Crippen molar-refractivity contribution < 1.29 is 9.18 Å². The second-order valence-electron chi connectivity index (χ2n) is 5.83. The minimum atomic E-state index is -0.309. The summed E-state index contributed by atoms with van der Waals surface area (Å²) in [6.45, 7) is 0. The normalized spacial score (nSPS) is 19.7. The first-order chi connectivity index (χ1) is 10.8. The lowest BCUT2D eigenvalue weighted by atomic mass is 9.80. The summed E-state index contributed by atoms with van der Waals surface area (Å²) < 4.78 is 14.3. The maximum atomic E-state index is 14.3. The first-order valence-electron chi connectivity index (χ1n) is 7.84. The Balaban J connectivity index is 1.94. The van der Waals surface area contributed by atoms with E-state index in [1.807, 2.05) is 36.4 Å². The van der Waals surface area contributed by atoms with Gasteiger partial charge in [0.1, 0.15) is 11.6 Å². The van der Waals surface area contributed by atoms with Gasteiger partial charge in [-0.3, -0.25) is 4.79 Å². The fourth-order valence-electron chi connectivity index (χ4n) is 3.20. The summed E-state index contributed by atoms with van der Waals surface area (Å²) in [7, 11) is 0. The summed E-state index contributed by atoms with van der Waals surface area (Å²) in [5.74, 6) is -0.178. The van der Waals surface area contributed by atoms with Gasteiger partial charge in [-0.05, 0) is 31.0 Å². The Bertz CT molecular complexity index is 641. The molecule has 0 saturated heterocycles. The number of carbonyl (C=O) groups excluding carboxylic acids is 1. The zero-order valence-electron chi connectivity index (χ0n) is 12.5. The predicted octanol–water partition coefficient (Wildman–Crippen LogP) is 4.74. The Labute approximate surface area is 130 Å². The first kappa shape index (κ1) is 14.8. The molecule has 22 heavy (non-hydrogen) atoms. The standard InChI is InChI=1S/C19H20FNO/c20-17-12-6-4-10-15(17)19(16-11-5-7-13-18(16)22)21-14-8-2-1-3-9-14/h1-4,6,8-10,12,16,19,21H,5,7,11,13H2. The molecule has 3 rings (SSSR count). The lowest BCUT2D eigenvalue weighted by Gasteiger charge is -2.31. The molecule has 3 heteroatoms. The summed E-state index contributed by atoms with van der Waals surface area (Å²) in [6, 6.07) is 16.1. The second kappa shape index (κ2) is 6.73. The number of hydrogen-bond donors (Lipinski definition) is 1. The molecule has 2 nitrogen and oxygen atoms in total. The summed E-state index contributed by atoms with van der Waals surface area (Å²) in [5, 5.41) is 3.38. The van der Waals surface area contributed by atoms with Crippen LogP contribution in [0.1, 0.15) is 37.3 Å². The predicted molar refractivity (Wildman–Crippen MR) is 86.2 cm³/mol. The minimum Gasteiger partial charge on any atom is -0.377 e. The molecule has 1 saturated carbocycles. The van der Waals surface area contributed by atoms with Crippen molar-refractivity contribution in [2.45, 2.75) is 31.7 Å². The highest BCUT2D eigenvalue weighted by molar-refractivity contribution is 5.83. The lowest BCUT2D eigenvalue weighted by molar-refractivity contribution is -0.125. The van der Waals surface area contributed by atoms with Gasteiger partial charge < -0.3 is 5.32 Å². The highest BCUT2D eigenvalue weighted by Crippen LogP contribution is 2.35. The Morgan fingerprint density at radius 2 is 1.73 bits per heavy atom. The quantitative estimate of drug-likeness (QED) is 0.883. The van der Waals surface area contributed by atoms with Crippen molar-refractivity contribution >= 4 is 11.5 Å². The molecule has 0 heterocycles. The van der Waals surface area contributed by atoms with Crippen LogP contribution < -0.4 is 5.32 Å². The van der Waals surface area contributed by atoms with Gasteiger partial charge in [-0.2, -0.15) is 0 Å². The van der Waals surface area contributed by atoms with Crippen molar-refractivity contribution in [3.8, 4) is 0 Å². The zero-order valence-corrected chi connectivity index (χ0v) is 12.5. The van der Waals surface area contributed by atoms with E-state index in [1.165, 1.54) is 6.07 Å². The molecule has 2 atom stereocenters. The Morgan fingerprint density at radius 1 is 1.00 bits per heavy atom. The van der Waals surface area contributed by atoms with Crippen LogP contribution in [0.25, 0.3) is 0 Å². The molecule has 114 valence electrons. The Hall–Kier alpha value is -2.16. The van der Waals surface area contributed by atoms with Gasteiger partial charge in [0.2, 0.25) is 0 Å². The van der Waals surface area contributed by atoms with E-state index in [0.29, 0.717) is 12.0 Å². The molecule has 0 aromatic heterocycles. The largest absolute Gasteiger partial charge is 0.377 e. The Kier molecular flexibility index (Phi) is 4.52. The van der Waals surface area contributed by atoms with E-state index in [-0.39, 0.29) is 23.6 Å². The second-order valence-corrected chi connectivity index (χ2v) is 5.83. The number of anilines is 1. The molecular weight excluding hydrogens is 277 g/mol. The summed E-state index contributed by atoms with van der Waals surface area (Å²) in [4.78, 5) is 12.3. The van der Waals surface area contributed by atoms with Crippen molar-refractivity contribution in [2.24, 2.45) is 5.92 Å². The van der Waals surface area contributed by atoms with E-state index in [4.69, 9.17) is 0 Å². The number of halogens is 1. The number of para-hydroxylation sites is 1. The van der Waals surface area contributed by atoms with Gasteiger partial charge in [0, 0.05) is 23.6 Å². The van der Waals surface area contributed by atoms with Gasteiger partial charge >= 0.3 is 0 Å². The summed E-state index contributed by atoms with van der Waals surface area (Å²) >= 11 is 0. The number of rotatable bonds is 4. The SMILES string of the molecule is O=C1CCCCC1C(Nc1ccccc1)c1ccccc1F. The van der Waals surface area contributed by atoms with Crippen molar-refractivity contribution in [3.63, 3.8) is 0 Å². The first-order valence-corrected chi connectivity index (χ1v) is 7.84. The van der Waals surface area contributed by atoms with Crippen LogP contribution in [0.5, 0.6) is 0 Å². The lowest BCUT2D eigenvalue weighted by Crippen LogP contribution is -2.30. The summed E-state index contributed by atoms with van der Waals surface area (Å²) in [5.41, 5.74) is 1.49. The van der Waals surface area contributed by atoms with Gasteiger partial charge in [-0.25, -0.2) is 4.39 Å². The highest BCUT2D eigenvalue weighted by Gasteiger charge is 2.32. The molecule has 0 amide bonds. The molecule has 1 aliphatic rings. The van der Waals surface area contributed by atoms with Crippen molar-refractivity contribution in [1.29, 1.82) is 0 Å². The van der Waals surface area contributed by atoms with E-state index in [0.717, 1.165) is 24.9 Å². The third kappa shape index (κ3) is 3.19. The van der Waals surface area contributed by atoms with Crippen LogP contribution >= 0.6 is 0 Å². The molecule has 2 aromatic carbocycles.